The third kappa shape index (κ3) is 3.60. The summed E-state index contributed by atoms with van der Waals surface area (Å²) < 4.78 is 23.6. The molecule has 0 aliphatic heterocycles. The van der Waals surface area contributed by atoms with Gasteiger partial charge in [0.05, 0.1) is 9.99 Å². The normalized spacial score (nSPS) is 12.2. The Morgan fingerprint density at radius 1 is 1.25 bits per heavy atom. The molecule has 0 saturated carbocycles. The van der Waals surface area contributed by atoms with E-state index >= 15 is 0 Å². The van der Waals surface area contributed by atoms with Crippen molar-refractivity contribution in [2.45, 2.75) is 32.4 Å². The van der Waals surface area contributed by atoms with E-state index in [0.29, 0.717) is 28.2 Å². The van der Waals surface area contributed by atoms with Gasteiger partial charge in [-0.15, -0.1) is 0 Å². The number of hydrogen-bond acceptors (Lipinski definition) is 3. The molecule has 0 atom stereocenters. The number of imidazole rings is 2. The molecule has 0 aliphatic carbocycles. The number of halogens is 2. The predicted molar refractivity (Wildman–Crippen MR) is 98.2 cm³/mol. The second-order valence-electron chi connectivity index (χ2n) is 6.89. The summed E-state index contributed by atoms with van der Waals surface area (Å²) in [6, 6.07) is 4.61. The van der Waals surface area contributed by atoms with Crippen molar-refractivity contribution >= 4 is 29.5 Å². The molecular formula is C16H20BrFN4OSi. The lowest BCUT2D eigenvalue weighted by Gasteiger charge is -2.15. The highest BCUT2D eigenvalue weighted by atomic mass is 79.9. The molecule has 5 nitrogen and oxygen atoms in total. The van der Waals surface area contributed by atoms with Gasteiger partial charge in [0.25, 0.3) is 0 Å². The maximum atomic E-state index is 14.1. The topological polar surface area (TPSA) is 44.3 Å². The smallest absolute Gasteiger partial charge is 0.213 e. The summed E-state index contributed by atoms with van der Waals surface area (Å²) in [7, 11) is -1.11. The quantitative estimate of drug-likeness (QED) is 0.343. The average Bonchev–Trinajstić information content (AvgIpc) is 3.12. The zero-order valence-corrected chi connectivity index (χ0v) is 16.5. The van der Waals surface area contributed by atoms with Crippen LogP contribution in [-0.4, -0.2) is 33.6 Å². The minimum Gasteiger partial charge on any atom is -0.361 e. The molecule has 24 heavy (non-hydrogen) atoms. The number of aromatic nitrogens is 4. The number of rotatable bonds is 6. The van der Waals surface area contributed by atoms with Crippen molar-refractivity contribution in [2.75, 3.05) is 6.61 Å². The molecule has 0 radical (unpaired) electrons. The van der Waals surface area contributed by atoms with Gasteiger partial charge in [-0.3, -0.25) is 4.40 Å². The molecule has 3 rings (SSSR count). The van der Waals surface area contributed by atoms with E-state index in [1.54, 1.807) is 12.3 Å². The van der Waals surface area contributed by atoms with Crippen LogP contribution >= 0.6 is 15.9 Å². The van der Waals surface area contributed by atoms with Gasteiger partial charge in [0.1, 0.15) is 18.8 Å². The van der Waals surface area contributed by atoms with Gasteiger partial charge in [-0.1, -0.05) is 19.6 Å². The third-order valence-corrected chi connectivity index (χ3v) is 6.05. The first-order valence-electron chi connectivity index (χ1n) is 7.77. The van der Waals surface area contributed by atoms with Gasteiger partial charge in [0.2, 0.25) is 5.95 Å². The summed E-state index contributed by atoms with van der Waals surface area (Å²) in [5, 5.41) is 0. The number of pyridine rings is 1. The lowest BCUT2D eigenvalue weighted by Crippen LogP contribution is -2.22. The first-order valence-corrected chi connectivity index (χ1v) is 12.3. The fraction of sp³-hybridized carbons (Fsp3) is 0.375. The van der Waals surface area contributed by atoms with Crippen molar-refractivity contribution in [1.82, 2.24) is 18.9 Å². The highest BCUT2D eigenvalue weighted by Crippen LogP contribution is 2.25. The summed E-state index contributed by atoms with van der Waals surface area (Å²) in [5.41, 5.74) is 1.31. The van der Waals surface area contributed by atoms with Gasteiger partial charge in [0.15, 0.2) is 5.82 Å². The molecule has 3 heterocycles. The van der Waals surface area contributed by atoms with Crippen LogP contribution < -0.4 is 0 Å². The first kappa shape index (κ1) is 17.3. The zero-order valence-electron chi connectivity index (χ0n) is 14.0. The molecule has 0 unspecified atom stereocenters. The maximum absolute atomic E-state index is 14.1. The molecule has 0 aliphatic rings. The van der Waals surface area contributed by atoms with E-state index in [4.69, 9.17) is 4.74 Å². The number of nitrogens with zero attached hydrogens (tertiary/aromatic N) is 4. The van der Waals surface area contributed by atoms with Crippen molar-refractivity contribution in [3.8, 4) is 11.5 Å². The molecule has 0 fully saturated rings. The van der Waals surface area contributed by atoms with Gasteiger partial charge < -0.3 is 9.30 Å². The van der Waals surface area contributed by atoms with Crippen LogP contribution in [0.2, 0.25) is 25.7 Å². The second kappa shape index (κ2) is 6.77. The standard InChI is InChI=1S/C16H20BrFN4OSi/c1-24(2,3)9-8-23-11-21-7-6-19-16(21)14-13-5-4-12(17)15(18)22(13)10-20-14/h4-7,10H,8-9,11H2,1-3H3. The monoisotopic (exact) mass is 410 g/mol. The molecule has 0 bridgehead atoms. The van der Waals surface area contributed by atoms with E-state index in [9.17, 15) is 4.39 Å². The fourth-order valence-corrected chi connectivity index (χ4v) is 3.43. The summed E-state index contributed by atoms with van der Waals surface area (Å²) in [4.78, 5) is 8.71. The highest BCUT2D eigenvalue weighted by Gasteiger charge is 2.16. The number of fused-ring (bicyclic) bond motifs is 1. The van der Waals surface area contributed by atoms with E-state index in [2.05, 4.69) is 45.5 Å². The van der Waals surface area contributed by atoms with Crippen molar-refractivity contribution < 1.29 is 9.13 Å². The zero-order chi connectivity index (χ0) is 17.3. The predicted octanol–water partition coefficient (Wildman–Crippen LogP) is 4.41. The van der Waals surface area contributed by atoms with Gasteiger partial charge in [-0.2, -0.15) is 4.39 Å². The van der Waals surface area contributed by atoms with E-state index in [1.165, 1.54) is 10.7 Å². The number of ether oxygens (including phenoxy) is 1. The van der Waals surface area contributed by atoms with E-state index < -0.39 is 8.07 Å². The van der Waals surface area contributed by atoms with Gasteiger partial charge in [0, 0.05) is 27.1 Å². The first-order chi connectivity index (χ1) is 11.4. The molecule has 0 amide bonds. The SMILES string of the molecule is C[Si](C)(C)CCOCn1ccnc1-c1ncn2c(F)c(Br)ccc12. The Hall–Kier alpha value is -1.51. The largest absolute Gasteiger partial charge is 0.361 e. The Morgan fingerprint density at radius 2 is 2.04 bits per heavy atom. The minimum atomic E-state index is -1.11. The summed E-state index contributed by atoms with van der Waals surface area (Å²) in [5.74, 6) is 0.294. The average molecular weight is 411 g/mol. The molecule has 0 aromatic carbocycles. The van der Waals surface area contributed by atoms with Crippen LogP contribution in [0.25, 0.3) is 17.0 Å². The second-order valence-corrected chi connectivity index (χ2v) is 13.4. The Kier molecular flexibility index (Phi) is 4.89. The van der Waals surface area contributed by atoms with E-state index in [1.807, 2.05) is 16.8 Å². The molecule has 0 saturated heterocycles. The van der Waals surface area contributed by atoms with Crippen LogP contribution in [0.5, 0.6) is 0 Å². The highest BCUT2D eigenvalue weighted by molar-refractivity contribution is 9.10. The molecule has 0 N–H and O–H groups in total. The summed E-state index contributed by atoms with van der Waals surface area (Å²) in [6.07, 6.45) is 5.03. The van der Waals surface area contributed by atoms with Crippen LogP contribution in [0.4, 0.5) is 4.39 Å². The molecule has 3 aromatic heterocycles. The van der Waals surface area contributed by atoms with Crippen LogP contribution in [0.1, 0.15) is 0 Å². The Labute approximate surface area is 149 Å². The van der Waals surface area contributed by atoms with Crippen molar-refractivity contribution in [1.29, 1.82) is 0 Å². The van der Waals surface area contributed by atoms with E-state index in [0.717, 1.165) is 12.7 Å². The molecule has 8 heteroatoms. The van der Waals surface area contributed by atoms with Gasteiger partial charge in [-0.25, -0.2) is 9.97 Å². The summed E-state index contributed by atoms with van der Waals surface area (Å²) >= 11 is 3.19. The minimum absolute atomic E-state index is 0.379. The lowest BCUT2D eigenvalue weighted by molar-refractivity contribution is 0.0882. The third-order valence-electron chi connectivity index (χ3n) is 3.75. The van der Waals surface area contributed by atoms with E-state index in [-0.39, 0.29) is 5.95 Å². The Balaban J connectivity index is 1.82. The molecular weight excluding hydrogens is 391 g/mol. The Bertz CT molecular complexity index is 855. The molecule has 0 spiro atoms. The maximum Gasteiger partial charge on any atom is 0.213 e. The van der Waals surface area contributed by atoms with Gasteiger partial charge in [-0.05, 0) is 34.1 Å². The lowest BCUT2D eigenvalue weighted by atomic mass is 10.3. The fourth-order valence-electron chi connectivity index (χ4n) is 2.35. The molecule has 3 aromatic rings. The summed E-state index contributed by atoms with van der Waals surface area (Å²) in [6.45, 7) is 8.12. The molecule has 128 valence electrons. The van der Waals surface area contributed by atoms with Crippen LogP contribution in [0.15, 0.2) is 35.3 Å². The Morgan fingerprint density at radius 3 is 2.79 bits per heavy atom. The van der Waals surface area contributed by atoms with Crippen LogP contribution in [0.3, 0.4) is 0 Å². The van der Waals surface area contributed by atoms with Crippen molar-refractivity contribution in [3.05, 3.63) is 41.3 Å². The van der Waals surface area contributed by atoms with Crippen molar-refractivity contribution in [2.24, 2.45) is 0 Å². The van der Waals surface area contributed by atoms with Crippen LogP contribution in [0, 0.1) is 5.95 Å². The van der Waals surface area contributed by atoms with Gasteiger partial charge >= 0.3 is 0 Å². The van der Waals surface area contributed by atoms with Crippen LogP contribution in [-0.2, 0) is 11.5 Å². The van der Waals surface area contributed by atoms with Crippen molar-refractivity contribution in [3.63, 3.8) is 0 Å². The number of hydrogen-bond donors (Lipinski definition) is 0.